The molecule has 4 aromatic rings. The Kier molecular flexibility index (Phi) is 5.69. The van der Waals surface area contributed by atoms with Gasteiger partial charge >= 0.3 is 0 Å². The minimum absolute atomic E-state index is 0.747. The van der Waals surface area contributed by atoms with Gasteiger partial charge in [-0.2, -0.15) is 0 Å². The van der Waals surface area contributed by atoms with Gasteiger partial charge in [0.05, 0.1) is 0 Å². The Morgan fingerprint density at radius 1 is 0.586 bits per heavy atom. The summed E-state index contributed by atoms with van der Waals surface area (Å²) in [7, 11) is -0.752. The lowest BCUT2D eigenvalue weighted by Gasteiger charge is -2.25. The SMILES string of the molecule is Cc1cccc(C=O)c1-c1c(C)cccc1P(c1ccccc1)c1ccccc1. The van der Waals surface area contributed by atoms with Crippen LogP contribution in [0.5, 0.6) is 0 Å². The number of hydrogen-bond acceptors (Lipinski definition) is 1. The molecule has 4 rings (SSSR count). The van der Waals surface area contributed by atoms with Gasteiger partial charge in [-0.15, -0.1) is 0 Å². The highest BCUT2D eigenvalue weighted by molar-refractivity contribution is 7.80. The highest BCUT2D eigenvalue weighted by Gasteiger charge is 2.23. The molecule has 0 heterocycles. The maximum Gasteiger partial charge on any atom is 0.150 e. The predicted molar refractivity (Wildman–Crippen MR) is 125 cm³/mol. The van der Waals surface area contributed by atoms with E-state index >= 15 is 0 Å². The lowest BCUT2D eigenvalue weighted by atomic mass is 9.92. The summed E-state index contributed by atoms with van der Waals surface area (Å²) < 4.78 is 0. The molecule has 0 aliphatic heterocycles. The third-order valence-electron chi connectivity index (χ3n) is 5.20. The summed E-state index contributed by atoms with van der Waals surface area (Å²) in [5.41, 5.74) is 5.30. The Morgan fingerprint density at radius 2 is 1.10 bits per heavy atom. The summed E-state index contributed by atoms with van der Waals surface area (Å²) in [5, 5.41) is 3.90. The molecule has 4 aromatic carbocycles. The second kappa shape index (κ2) is 8.55. The molecule has 0 radical (unpaired) electrons. The van der Waals surface area contributed by atoms with E-state index in [0.29, 0.717) is 0 Å². The molecule has 0 saturated heterocycles. The second-order valence-electron chi connectivity index (χ2n) is 7.13. The van der Waals surface area contributed by atoms with Gasteiger partial charge in [-0.1, -0.05) is 97.1 Å². The molecule has 29 heavy (non-hydrogen) atoms. The summed E-state index contributed by atoms with van der Waals surface area (Å²) in [6.07, 6.45) is 0.978. The first-order valence-corrected chi connectivity index (χ1v) is 11.1. The van der Waals surface area contributed by atoms with E-state index in [2.05, 4.69) is 98.8 Å². The number of carbonyl (C=O) groups is 1. The zero-order chi connectivity index (χ0) is 20.2. The molecule has 0 N–H and O–H groups in total. The zero-order valence-electron chi connectivity index (χ0n) is 16.7. The third kappa shape index (κ3) is 3.79. The molecule has 0 aliphatic carbocycles. The largest absolute Gasteiger partial charge is 0.298 e. The van der Waals surface area contributed by atoms with Crippen LogP contribution in [0.15, 0.2) is 97.1 Å². The average Bonchev–Trinajstić information content (AvgIpc) is 2.76. The van der Waals surface area contributed by atoms with Crippen molar-refractivity contribution in [3.8, 4) is 11.1 Å². The molecule has 0 aromatic heterocycles. The van der Waals surface area contributed by atoms with Crippen LogP contribution in [0.25, 0.3) is 11.1 Å². The Bertz CT molecular complexity index is 1090. The van der Waals surface area contributed by atoms with Gasteiger partial charge in [-0.25, -0.2) is 0 Å². The lowest BCUT2D eigenvalue weighted by Crippen LogP contribution is -2.23. The highest BCUT2D eigenvalue weighted by Crippen LogP contribution is 2.39. The minimum atomic E-state index is -0.752. The number of benzene rings is 4. The molecule has 0 fully saturated rings. The van der Waals surface area contributed by atoms with Gasteiger partial charge in [0.15, 0.2) is 6.29 Å². The van der Waals surface area contributed by atoms with E-state index in [4.69, 9.17) is 0 Å². The predicted octanol–water partition coefficient (Wildman–Crippen LogP) is 5.54. The van der Waals surface area contributed by atoms with Crippen molar-refractivity contribution < 1.29 is 4.79 Å². The summed E-state index contributed by atoms with van der Waals surface area (Å²) in [5.74, 6) is 0. The van der Waals surface area contributed by atoms with Crippen LogP contribution >= 0.6 is 7.92 Å². The monoisotopic (exact) mass is 394 g/mol. The van der Waals surface area contributed by atoms with Gasteiger partial charge in [0, 0.05) is 5.56 Å². The minimum Gasteiger partial charge on any atom is -0.298 e. The van der Waals surface area contributed by atoms with E-state index in [0.717, 1.165) is 23.0 Å². The molecule has 0 aliphatic rings. The van der Waals surface area contributed by atoms with Crippen LogP contribution in [0.4, 0.5) is 0 Å². The van der Waals surface area contributed by atoms with Crippen molar-refractivity contribution in [3.05, 3.63) is 114 Å². The number of aryl methyl sites for hydroxylation is 2. The van der Waals surface area contributed by atoms with Crippen molar-refractivity contribution in [1.82, 2.24) is 0 Å². The van der Waals surface area contributed by atoms with Crippen LogP contribution in [0.2, 0.25) is 0 Å². The van der Waals surface area contributed by atoms with E-state index in [1.54, 1.807) is 0 Å². The molecule has 0 amide bonds. The second-order valence-corrected chi connectivity index (χ2v) is 9.32. The summed E-state index contributed by atoms with van der Waals surface area (Å²) in [4.78, 5) is 11.9. The first-order chi connectivity index (χ1) is 14.2. The molecular formula is C27H23OP. The smallest absolute Gasteiger partial charge is 0.150 e. The van der Waals surface area contributed by atoms with Crippen molar-refractivity contribution in [2.75, 3.05) is 0 Å². The third-order valence-corrected chi connectivity index (χ3v) is 7.69. The van der Waals surface area contributed by atoms with Crippen LogP contribution in [0, 0.1) is 13.8 Å². The Morgan fingerprint density at radius 3 is 1.66 bits per heavy atom. The quantitative estimate of drug-likeness (QED) is 0.321. The van der Waals surface area contributed by atoms with E-state index < -0.39 is 7.92 Å². The Hall–Kier alpha value is -3.02. The number of carbonyl (C=O) groups excluding carboxylic acids is 1. The fourth-order valence-corrected chi connectivity index (χ4v) is 6.42. The maximum absolute atomic E-state index is 11.9. The van der Waals surface area contributed by atoms with Gasteiger partial charge in [0.25, 0.3) is 0 Å². The topological polar surface area (TPSA) is 17.1 Å². The van der Waals surface area contributed by atoms with Crippen LogP contribution in [0.1, 0.15) is 21.5 Å². The van der Waals surface area contributed by atoms with Crippen molar-refractivity contribution >= 4 is 30.1 Å². The molecule has 142 valence electrons. The fourth-order valence-electron chi connectivity index (χ4n) is 3.88. The lowest BCUT2D eigenvalue weighted by molar-refractivity contribution is 0.112. The normalized spacial score (nSPS) is 10.9. The van der Waals surface area contributed by atoms with Crippen molar-refractivity contribution in [2.45, 2.75) is 13.8 Å². The molecule has 2 heteroatoms. The molecule has 0 bridgehead atoms. The maximum atomic E-state index is 11.9. The molecule has 0 unspecified atom stereocenters. The van der Waals surface area contributed by atoms with Gasteiger partial charge in [0.1, 0.15) is 0 Å². The van der Waals surface area contributed by atoms with Gasteiger partial charge in [-0.3, -0.25) is 4.79 Å². The van der Waals surface area contributed by atoms with E-state index in [1.807, 2.05) is 12.1 Å². The standard InChI is InChI=1S/C27H23OP/c1-20-11-9-13-22(19-28)26(20)27-21(2)12-10-18-25(27)29(23-14-5-3-6-15-23)24-16-7-4-8-17-24/h3-19H,1-2H3. The molecule has 0 spiro atoms. The van der Waals surface area contributed by atoms with Gasteiger partial charge < -0.3 is 0 Å². The van der Waals surface area contributed by atoms with E-state index in [1.165, 1.54) is 27.0 Å². The summed E-state index contributed by atoms with van der Waals surface area (Å²) in [6.45, 7) is 4.23. The molecular weight excluding hydrogens is 371 g/mol. The Balaban J connectivity index is 2.04. The summed E-state index contributed by atoms with van der Waals surface area (Å²) >= 11 is 0. The highest BCUT2D eigenvalue weighted by atomic mass is 31.1. The van der Waals surface area contributed by atoms with Crippen LogP contribution in [-0.2, 0) is 0 Å². The first-order valence-electron chi connectivity index (χ1n) is 9.75. The van der Waals surface area contributed by atoms with Crippen LogP contribution in [0.3, 0.4) is 0 Å². The van der Waals surface area contributed by atoms with Crippen LogP contribution in [-0.4, -0.2) is 6.29 Å². The Labute approximate surface area is 173 Å². The van der Waals surface area contributed by atoms with Crippen molar-refractivity contribution in [2.24, 2.45) is 0 Å². The van der Waals surface area contributed by atoms with Crippen LogP contribution < -0.4 is 15.9 Å². The van der Waals surface area contributed by atoms with Gasteiger partial charge in [0.2, 0.25) is 0 Å². The van der Waals surface area contributed by atoms with Gasteiger partial charge in [-0.05, 0) is 59.9 Å². The zero-order valence-corrected chi connectivity index (χ0v) is 17.6. The van der Waals surface area contributed by atoms with Crippen molar-refractivity contribution in [3.63, 3.8) is 0 Å². The molecule has 1 nitrogen and oxygen atoms in total. The molecule has 0 atom stereocenters. The number of aldehydes is 1. The number of rotatable bonds is 5. The molecule has 0 saturated carbocycles. The first kappa shape index (κ1) is 19.3. The number of hydrogen-bond donors (Lipinski definition) is 0. The average molecular weight is 394 g/mol. The van der Waals surface area contributed by atoms with E-state index in [-0.39, 0.29) is 0 Å². The van der Waals surface area contributed by atoms with Crippen molar-refractivity contribution in [1.29, 1.82) is 0 Å². The fraction of sp³-hybridized carbons (Fsp3) is 0.0741. The van der Waals surface area contributed by atoms with E-state index in [9.17, 15) is 4.79 Å². The summed E-state index contributed by atoms with van der Waals surface area (Å²) in [6, 6.07) is 33.9.